The maximum atomic E-state index is 5.38. The second-order valence-corrected chi connectivity index (χ2v) is 3.17. The van der Waals surface area contributed by atoms with Crippen LogP contribution in [-0.4, -0.2) is 38.5 Å². The molecule has 0 radical (unpaired) electrons. The zero-order valence-corrected chi connectivity index (χ0v) is 7.14. The molecule has 0 amide bonds. The lowest BCUT2D eigenvalue weighted by Crippen LogP contribution is -2.44. The van der Waals surface area contributed by atoms with Crippen LogP contribution in [0.2, 0.25) is 0 Å². The Kier molecular flexibility index (Phi) is 3.15. The average molecular weight is 132 g/mol. The van der Waals surface area contributed by atoms with E-state index in [1.165, 1.54) is 0 Å². The second-order valence-electron chi connectivity index (χ2n) is 3.17. The first-order chi connectivity index (χ1) is 3.98. The zero-order chi connectivity index (χ0) is 7.49. The predicted octanol–water partition coefficient (Wildman–Crippen LogP) is 1.08. The first kappa shape index (κ1) is 8.92. The van der Waals surface area contributed by atoms with Crippen molar-refractivity contribution in [1.82, 2.24) is 0 Å². The van der Waals surface area contributed by atoms with Crippen molar-refractivity contribution in [1.29, 1.82) is 0 Å². The van der Waals surface area contributed by atoms with E-state index < -0.39 is 0 Å². The molecule has 0 aliphatic carbocycles. The van der Waals surface area contributed by atoms with Gasteiger partial charge < -0.3 is 9.22 Å². The summed E-state index contributed by atoms with van der Waals surface area (Å²) in [4.78, 5) is 0. The van der Waals surface area contributed by atoms with Crippen molar-refractivity contribution in [2.24, 2.45) is 0 Å². The SMILES string of the molecule is CCOC(C)[N+](C)(C)C. The van der Waals surface area contributed by atoms with Crippen LogP contribution in [0.15, 0.2) is 0 Å². The topological polar surface area (TPSA) is 9.23 Å². The molecule has 1 unspecified atom stereocenters. The fraction of sp³-hybridized carbons (Fsp3) is 1.00. The Balaban J connectivity index is 3.59. The minimum Gasteiger partial charge on any atom is -0.330 e. The summed E-state index contributed by atoms with van der Waals surface area (Å²) in [6, 6.07) is 0. The third-order valence-corrected chi connectivity index (χ3v) is 1.50. The highest BCUT2D eigenvalue weighted by molar-refractivity contribution is 4.27. The van der Waals surface area contributed by atoms with Crippen LogP contribution in [0.5, 0.6) is 0 Å². The van der Waals surface area contributed by atoms with Crippen LogP contribution in [0.4, 0.5) is 0 Å². The van der Waals surface area contributed by atoms with Gasteiger partial charge in [0.1, 0.15) is 0 Å². The molecule has 2 heteroatoms. The van der Waals surface area contributed by atoms with E-state index in [4.69, 9.17) is 4.74 Å². The van der Waals surface area contributed by atoms with Crippen LogP contribution < -0.4 is 0 Å². The smallest absolute Gasteiger partial charge is 0.189 e. The highest BCUT2D eigenvalue weighted by Crippen LogP contribution is 2.01. The van der Waals surface area contributed by atoms with Gasteiger partial charge >= 0.3 is 0 Å². The minimum absolute atomic E-state index is 0.301. The molecular formula is C7H18NO+. The number of quaternary nitrogens is 1. The van der Waals surface area contributed by atoms with Gasteiger partial charge in [0.15, 0.2) is 6.23 Å². The summed E-state index contributed by atoms with van der Waals surface area (Å²) >= 11 is 0. The van der Waals surface area contributed by atoms with Crippen LogP contribution in [0.1, 0.15) is 13.8 Å². The van der Waals surface area contributed by atoms with Gasteiger partial charge in [0, 0.05) is 6.92 Å². The number of hydrogen-bond acceptors (Lipinski definition) is 1. The van der Waals surface area contributed by atoms with Crippen molar-refractivity contribution in [2.75, 3.05) is 27.7 Å². The highest BCUT2D eigenvalue weighted by Gasteiger charge is 2.16. The van der Waals surface area contributed by atoms with E-state index >= 15 is 0 Å². The molecule has 2 nitrogen and oxygen atoms in total. The van der Waals surface area contributed by atoms with Crippen LogP contribution >= 0.6 is 0 Å². The van der Waals surface area contributed by atoms with Gasteiger partial charge in [-0.2, -0.15) is 0 Å². The van der Waals surface area contributed by atoms with E-state index in [0.29, 0.717) is 6.23 Å². The molecule has 0 saturated heterocycles. The Hall–Kier alpha value is -0.0800. The molecule has 0 aromatic heterocycles. The number of ether oxygens (including phenoxy) is 1. The fourth-order valence-corrected chi connectivity index (χ4v) is 0.465. The van der Waals surface area contributed by atoms with E-state index in [2.05, 4.69) is 28.1 Å². The molecule has 0 aromatic rings. The quantitative estimate of drug-likeness (QED) is 0.412. The highest BCUT2D eigenvalue weighted by atomic mass is 16.5. The van der Waals surface area contributed by atoms with Crippen LogP contribution in [-0.2, 0) is 4.74 Å². The largest absolute Gasteiger partial charge is 0.330 e. The van der Waals surface area contributed by atoms with Crippen molar-refractivity contribution < 1.29 is 9.22 Å². The molecule has 0 aliphatic rings. The van der Waals surface area contributed by atoms with Crippen molar-refractivity contribution in [3.05, 3.63) is 0 Å². The molecule has 0 N–H and O–H groups in total. The fourth-order valence-electron chi connectivity index (χ4n) is 0.465. The molecule has 0 saturated carbocycles. The van der Waals surface area contributed by atoms with E-state index in [1.807, 2.05) is 6.92 Å². The Bertz CT molecular complexity index is 75.5. The maximum absolute atomic E-state index is 5.38. The van der Waals surface area contributed by atoms with Crippen molar-refractivity contribution in [3.8, 4) is 0 Å². The molecule has 0 spiro atoms. The molecule has 9 heavy (non-hydrogen) atoms. The number of rotatable bonds is 3. The summed E-state index contributed by atoms with van der Waals surface area (Å²) in [7, 11) is 6.38. The predicted molar refractivity (Wildman–Crippen MR) is 39.1 cm³/mol. The molecule has 0 heterocycles. The number of hydrogen-bond donors (Lipinski definition) is 0. The normalized spacial score (nSPS) is 15.7. The summed E-state index contributed by atoms with van der Waals surface area (Å²) in [6.45, 7) is 4.91. The monoisotopic (exact) mass is 132 g/mol. The van der Waals surface area contributed by atoms with E-state index in [0.717, 1.165) is 11.1 Å². The third kappa shape index (κ3) is 3.49. The first-order valence-corrected chi connectivity index (χ1v) is 3.41. The lowest BCUT2D eigenvalue weighted by molar-refractivity contribution is -0.917. The molecule has 0 fully saturated rings. The van der Waals surface area contributed by atoms with Crippen LogP contribution in [0.25, 0.3) is 0 Å². The molecule has 56 valence electrons. The molecular weight excluding hydrogens is 114 g/mol. The van der Waals surface area contributed by atoms with Gasteiger partial charge in [-0.1, -0.05) is 0 Å². The van der Waals surface area contributed by atoms with Crippen molar-refractivity contribution in [3.63, 3.8) is 0 Å². The third-order valence-electron chi connectivity index (χ3n) is 1.50. The summed E-state index contributed by atoms with van der Waals surface area (Å²) in [6.07, 6.45) is 0.301. The zero-order valence-electron chi connectivity index (χ0n) is 7.14. The van der Waals surface area contributed by atoms with E-state index in [9.17, 15) is 0 Å². The average Bonchev–Trinajstić information content (AvgIpc) is 1.64. The van der Waals surface area contributed by atoms with Gasteiger partial charge in [-0.05, 0) is 6.92 Å². The summed E-state index contributed by atoms with van der Waals surface area (Å²) in [5.41, 5.74) is 0. The summed E-state index contributed by atoms with van der Waals surface area (Å²) in [5.74, 6) is 0. The van der Waals surface area contributed by atoms with Crippen LogP contribution in [0.3, 0.4) is 0 Å². The standard InChI is InChI=1S/C7H18NO/c1-6-9-7(2)8(3,4)5/h7H,6H2,1-5H3/q+1. The molecule has 1 atom stereocenters. The Morgan fingerprint density at radius 3 is 1.89 bits per heavy atom. The van der Waals surface area contributed by atoms with Gasteiger partial charge in [0.05, 0.1) is 27.7 Å². The maximum Gasteiger partial charge on any atom is 0.189 e. The summed E-state index contributed by atoms with van der Waals surface area (Å²) in [5, 5.41) is 0. The Morgan fingerprint density at radius 1 is 1.33 bits per heavy atom. The lowest BCUT2D eigenvalue weighted by atomic mass is 10.5. The van der Waals surface area contributed by atoms with Gasteiger partial charge in [0.25, 0.3) is 0 Å². The Labute approximate surface area is 58.0 Å². The summed E-state index contributed by atoms with van der Waals surface area (Å²) < 4.78 is 6.25. The second kappa shape index (κ2) is 3.18. The van der Waals surface area contributed by atoms with Gasteiger partial charge in [-0.25, -0.2) is 0 Å². The molecule has 0 bridgehead atoms. The van der Waals surface area contributed by atoms with E-state index in [-0.39, 0.29) is 0 Å². The van der Waals surface area contributed by atoms with Gasteiger partial charge in [0.2, 0.25) is 0 Å². The first-order valence-electron chi connectivity index (χ1n) is 3.41. The molecule has 0 rings (SSSR count). The van der Waals surface area contributed by atoms with Crippen molar-refractivity contribution >= 4 is 0 Å². The van der Waals surface area contributed by atoms with Crippen LogP contribution in [0, 0.1) is 0 Å². The van der Waals surface area contributed by atoms with Crippen molar-refractivity contribution in [2.45, 2.75) is 20.1 Å². The van der Waals surface area contributed by atoms with Gasteiger partial charge in [-0.15, -0.1) is 0 Å². The van der Waals surface area contributed by atoms with Gasteiger partial charge in [-0.3, -0.25) is 0 Å². The lowest BCUT2D eigenvalue weighted by Gasteiger charge is -2.30. The Morgan fingerprint density at radius 2 is 1.78 bits per heavy atom. The minimum atomic E-state index is 0.301. The number of nitrogens with zero attached hydrogens (tertiary/aromatic N) is 1. The molecule has 0 aliphatic heterocycles. The van der Waals surface area contributed by atoms with E-state index in [1.54, 1.807) is 0 Å². The molecule has 0 aromatic carbocycles.